The van der Waals surface area contributed by atoms with Crippen molar-refractivity contribution in [2.24, 2.45) is 5.10 Å². The van der Waals surface area contributed by atoms with Crippen molar-refractivity contribution in [1.29, 1.82) is 0 Å². The Morgan fingerprint density at radius 3 is 2.89 bits per heavy atom. The average molecular weight is 449 g/mol. The van der Waals surface area contributed by atoms with E-state index in [0.29, 0.717) is 23.9 Å². The van der Waals surface area contributed by atoms with Gasteiger partial charge in [0.15, 0.2) is 11.5 Å². The summed E-state index contributed by atoms with van der Waals surface area (Å²) in [5, 5.41) is 4.00. The number of hydrogen-bond donors (Lipinski definition) is 1. The van der Waals surface area contributed by atoms with Crippen molar-refractivity contribution in [2.75, 3.05) is 19.5 Å². The Morgan fingerprint density at radius 2 is 2.15 bits per heavy atom. The number of nitrogens with one attached hydrogen (secondary N) is 1. The third-order valence-corrected chi connectivity index (χ3v) is 4.84. The minimum atomic E-state index is -0.150. The number of carbonyl (C=O) groups is 1. The van der Waals surface area contributed by atoms with Crippen LogP contribution in [0.3, 0.4) is 0 Å². The summed E-state index contributed by atoms with van der Waals surface area (Å²) in [6, 6.07) is 13.4. The largest absolute Gasteiger partial charge is 0.493 e. The fraction of sp³-hybridized carbons (Fsp3) is 0.200. The lowest BCUT2D eigenvalue weighted by Gasteiger charge is -2.09. The van der Waals surface area contributed by atoms with Gasteiger partial charge in [0.1, 0.15) is 6.61 Å². The van der Waals surface area contributed by atoms with E-state index in [9.17, 15) is 4.79 Å². The maximum absolute atomic E-state index is 11.9. The number of carbonyl (C=O) groups excluding carboxylic acids is 1. The lowest BCUT2D eigenvalue weighted by Crippen LogP contribution is -2.19. The molecule has 0 saturated carbocycles. The summed E-state index contributed by atoms with van der Waals surface area (Å²) in [6.45, 7) is 4.00. The third kappa shape index (κ3) is 7.48. The fourth-order valence-electron chi connectivity index (χ4n) is 2.13. The summed E-state index contributed by atoms with van der Waals surface area (Å²) >= 11 is 4.97. The number of nitrogens with zero attached hydrogens (tertiary/aromatic N) is 1. The summed E-state index contributed by atoms with van der Waals surface area (Å²) in [7, 11) is 1.58. The van der Waals surface area contributed by atoms with E-state index in [2.05, 4.69) is 33.0 Å². The van der Waals surface area contributed by atoms with Crippen LogP contribution >= 0.6 is 27.7 Å². The second kappa shape index (κ2) is 11.5. The van der Waals surface area contributed by atoms with Gasteiger partial charge in [0.2, 0.25) is 5.91 Å². The molecule has 0 bridgehead atoms. The molecule has 0 aliphatic carbocycles. The molecule has 0 aliphatic rings. The first-order valence-electron chi connectivity index (χ1n) is 8.18. The average Bonchev–Trinajstić information content (AvgIpc) is 2.66. The maximum Gasteiger partial charge on any atom is 0.250 e. The van der Waals surface area contributed by atoms with Crippen LogP contribution in [0.15, 0.2) is 64.7 Å². The smallest absolute Gasteiger partial charge is 0.250 e. The van der Waals surface area contributed by atoms with Crippen molar-refractivity contribution >= 4 is 39.8 Å². The van der Waals surface area contributed by atoms with Crippen LogP contribution in [-0.4, -0.2) is 31.6 Å². The molecule has 0 aliphatic heterocycles. The second-order valence-corrected chi connectivity index (χ2v) is 7.33. The van der Waals surface area contributed by atoms with Gasteiger partial charge in [-0.25, -0.2) is 5.43 Å². The Morgan fingerprint density at radius 1 is 1.30 bits per heavy atom. The Bertz CT molecular complexity index is 812. The molecule has 0 spiro atoms. The molecule has 0 atom stereocenters. The lowest BCUT2D eigenvalue weighted by molar-refractivity contribution is -0.118. The van der Waals surface area contributed by atoms with Gasteiger partial charge in [0, 0.05) is 10.2 Å². The molecule has 0 fully saturated rings. The molecule has 0 aromatic heterocycles. The van der Waals surface area contributed by atoms with Crippen molar-refractivity contribution in [3.63, 3.8) is 0 Å². The number of ether oxygens (including phenoxy) is 2. The van der Waals surface area contributed by atoms with Crippen molar-refractivity contribution < 1.29 is 14.3 Å². The molecule has 0 unspecified atom stereocenters. The molecule has 0 heterocycles. The van der Waals surface area contributed by atoms with Crippen molar-refractivity contribution in [3.05, 3.63) is 70.7 Å². The molecule has 2 rings (SSSR count). The van der Waals surface area contributed by atoms with Gasteiger partial charge < -0.3 is 9.47 Å². The van der Waals surface area contributed by atoms with E-state index in [1.54, 1.807) is 31.5 Å². The second-order valence-electron chi connectivity index (χ2n) is 5.43. The van der Waals surface area contributed by atoms with Gasteiger partial charge in [-0.15, -0.1) is 11.8 Å². The van der Waals surface area contributed by atoms with Crippen molar-refractivity contribution in [2.45, 2.75) is 5.75 Å². The number of hydrogen-bond acceptors (Lipinski definition) is 5. The molecule has 0 saturated heterocycles. The number of methoxy groups -OCH3 is 1. The quantitative estimate of drug-likeness (QED) is 0.332. The Kier molecular flexibility index (Phi) is 8.94. The molecule has 1 amide bonds. The van der Waals surface area contributed by atoms with Gasteiger partial charge in [0.25, 0.3) is 0 Å². The van der Waals surface area contributed by atoms with E-state index in [0.717, 1.165) is 21.4 Å². The van der Waals surface area contributed by atoms with E-state index in [1.807, 2.05) is 30.3 Å². The highest BCUT2D eigenvalue weighted by atomic mass is 79.9. The first kappa shape index (κ1) is 21.1. The molecule has 2 aromatic carbocycles. The number of benzene rings is 2. The highest BCUT2D eigenvalue weighted by Crippen LogP contribution is 2.27. The zero-order chi connectivity index (χ0) is 19.5. The molecular formula is C20H21BrN2O3S. The summed E-state index contributed by atoms with van der Waals surface area (Å²) in [5.41, 5.74) is 4.48. The van der Waals surface area contributed by atoms with Crippen LogP contribution in [0.4, 0.5) is 0 Å². The number of rotatable bonds is 10. The van der Waals surface area contributed by atoms with E-state index in [1.165, 1.54) is 11.8 Å². The highest BCUT2D eigenvalue weighted by molar-refractivity contribution is 9.10. The van der Waals surface area contributed by atoms with Crippen LogP contribution in [-0.2, 0) is 10.5 Å². The monoisotopic (exact) mass is 448 g/mol. The zero-order valence-electron chi connectivity index (χ0n) is 15.0. The van der Waals surface area contributed by atoms with Crippen molar-refractivity contribution in [3.8, 4) is 11.5 Å². The normalized spacial score (nSPS) is 10.6. The summed E-state index contributed by atoms with van der Waals surface area (Å²) in [5.74, 6) is 2.17. The van der Waals surface area contributed by atoms with E-state index in [4.69, 9.17) is 9.47 Å². The molecule has 142 valence electrons. The van der Waals surface area contributed by atoms with Crippen LogP contribution in [0.25, 0.3) is 0 Å². The van der Waals surface area contributed by atoms with Crippen LogP contribution in [0.2, 0.25) is 0 Å². The maximum atomic E-state index is 11.9. The Balaban J connectivity index is 1.81. The number of hydrazone groups is 1. The van der Waals surface area contributed by atoms with Gasteiger partial charge in [0.05, 0.1) is 19.1 Å². The predicted molar refractivity (Wildman–Crippen MR) is 115 cm³/mol. The van der Waals surface area contributed by atoms with Crippen molar-refractivity contribution in [1.82, 2.24) is 5.43 Å². The summed E-state index contributed by atoms with van der Waals surface area (Å²) in [6.07, 6.45) is 3.23. The molecule has 1 N–H and O–H groups in total. The zero-order valence-corrected chi connectivity index (χ0v) is 17.4. The SMILES string of the molecule is C=CCOc1cc(/C=N/NC(=O)CSCc2cccc(Br)c2)ccc1OC. The van der Waals surface area contributed by atoms with Gasteiger partial charge in [-0.1, -0.05) is 40.7 Å². The van der Waals surface area contributed by atoms with Gasteiger partial charge in [-0.3, -0.25) is 4.79 Å². The summed E-state index contributed by atoms with van der Waals surface area (Å²) in [4.78, 5) is 11.9. The lowest BCUT2D eigenvalue weighted by atomic mass is 10.2. The minimum Gasteiger partial charge on any atom is -0.493 e. The standard InChI is InChI=1S/C20H21BrN2O3S/c1-3-9-26-19-11-15(7-8-18(19)25-2)12-22-23-20(24)14-27-13-16-5-4-6-17(21)10-16/h3-8,10-12H,1,9,13-14H2,2H3,(H,23,24)/b22-12+. The van der Waals surface area contributed by atoms with Gasteiger partial charge >= 0.3 is 0 Å². The van der Waals surface area contributed by atoms with Gasteiger partial charge in [-0.05, 0) is 41.5 Å². The van der Waals surface area contributed by atoms with Crippen LogP contribution in [0, 0.1) is 0 Å². The van der Waals surface area contributed by atoms with Gasteiger partial charge in [-0.2, -0.15) is 5.10 Å². The van der Waals surface area contributed by atoms with Crippen LogP contribution < -0.4 is 14.9 Å². The van der Waals surface area contributed by atoms with E-state index in [-0.39, 0.29) is 5.91 Å². The fourth-order valence-corrected chi connectivity index (χ4v) is 3.35. The van der Waals surface area contributed by atoms with Crippen LogP contribution in [0.1, 0.15) is 11.1 Å². The first-order chi connectivity index (χ1) is 13.1. The minimum absolute atomic E-state index is 0.150. The first-order valence-corrected chi connectivity index (χ1v) is 10.1. The Hall–Kier alpha value is -2.25. The number of halogens is 1. The molecular weight excluding hydrogens is 428 g/mol. The topological polar surface area (TPSA) is 59.9 Å². The molecule has 27 heavy (non-hydrogen) atoms. The van der Waals surface area contributed by atoms with Crippen LogP contribution in [0.5, 0.6) is 11.5 Å². The molecule has 0 radical (unpaired) electrons. The Labute approximate surface area is 172 Å². The molecule has 5 nitrogen and oxygen atoms in total. The summed E-state index contributed by atoms with van der Waals surface area (Å²) < 4.78 is 11.8. The predicted octanol–water partition coefficient (Wildman–Crippen LogP) is 4.41. The molecule has 2 aromatic rings. The number of thioether (sulfide) groups is 1. The van der Waals surface area contributed by atoms with E-state index < -0.39 is 0 Å². The third-order valence-electron chi connectivity index (χ3n) is 3.34. The van der Waals surface area contributed by atoms with E-state index >= 15 is 0 Å². The number of amides is 1. The molecule has 7 heteroatoms. The highest BCUT2D eigenvalue weighted by Gasteiger charge is 2.05.